The smallest absolute Gasteiger partial charge is 0.407 e. The largest absolute Gasteiger partial charge is 0.444 e. The average Bonchev–Trinajstić information content (AvgIpc) is 3.08. The molecule has 0 saturated carbocycles. The second-order valence-electron chi connectivity index (χ2n) is 8.09. The molecule has 2 atom stereocenters. The molecule has 0 aliphatic carbocycles. The second kappa shape index (κ2) is 11.2. The molecule has 2 rings (SSSR count). The molecule has 1 heterocycles. The summed E-state index contributed by atoms with van der Waals surface area (Å²) in [7, 11) is -0.944. The van der Waals surface area contributed by atoms with Crippen LogP contribution >= 0.6 is 0 Å². The first kappa shape index (κ1) is 23.2. The highest BCUT2D eigenvalue weighted by molar-refractivity contribution is 7.84. The molecule has 1 aromatic carbocycles. The first-order valence-corrected chi connectivity index (χ1v) is 11.7. The molecule has 1 aromatic rings. The molecule has 2 unspecified atom stereocenters. The highest BCUT2D eigenvalue weighted by Crippen LogP contribution is 2.12. The number of alkyl carbamates (subject to hydrolysis) is 1. The maximum absolute atomic E-state index is 12.3. The highest BCUT2D eigenvalue weighted by Gasteiger charge is 2.27. The Morgan fingerprint density at radius 1 is 1.31 bits per heavy atom. The zero-order valence-corrected chi connectivity index (χ0v) is 18.8. The number of nitrogens with one attached hydrogen (secondary N) is 2. The minimum Gasteiger partial charge on any atom is -0.444 e. The molecule has 0 bridgehead atoms. The van der Waals surface area contributed by atoms with Gasteiger partial charge in [0.1, 0.15) is 5.60 Å². The van der Waals surface area contributed by atoms with Crippen LogP contribution in [0.15, 0.2) is 35.3 Å². The van der Waals surface area contributed by atoms with Crippen LogP contribution in [0.2, 0.25) is 0 Å². The fourth-order valence-corrected chi connectivity index (χ4v) is 4.06. The van der Waals surface area contributed by atoms with Crippen LogP contribution < -0.4 is 10.6 Å². The summed E-state index contributed by atoms with van der Waals surface area (Å²) in [5.74, 6) is 1.88. The van der Waals surface area contributed by atoms with Gasteiger partial charge in [-0.3, -0.25) is 9.20 Å². The number of carbonyl (C=O) groups is 1. The lowest BCUT2D eigenvalue weighted by Crippen LogP contribution is -2.44. The Bertz CT molecular complexity index is 704. The Labute approximate surface area is 176 Å². The van der Waals surface area contributed by atoms with E-state index >= 15 is 0 Å². The minimum atomic E-state index is -0.944. The van der Waals surface area contributed by atoms with Gasteiger partial charge in [0, 0.05) is 41.9 Å². The third kappa shape index (κ3) is 8.85. The summed E-state index contributed by atoms with van der Waals surface area (Å²) >= 11 is 0. The standard InChI is InChI=1S/C21H34N4O3S/c1-5-22-19(23-12-14-29(27)16-17-9-7-6-8-10-17)25-13-11-18(15-25)24-20(26)28-21(2,3)4/h6-10,18H,5,11-16H2,1-4H3,(H,22,23)(H,24,26). The molecule has 8 heteroatoms. The van der Waals surface area contributed by atoms with E-state index in [1.807, 2.05) is 58.0 Å². The van der Waals surface area contributed by atoms with E-state index in [0.29, 0.717) is 24.6 Å². The maximum atomic E-state index is 12.3. The number of likely N-dealkylation sites (tertiary alicyclic amines) is 1. The summed E-state index contributed by atoms with van der Waals surface area (Å²) in [6.07, 6.45) is 0.450. The van der Waals surface area contributed by atoms with Gasteiger partial charge in [-0.15, -0.1) is 0 Å². The topological polar surface area (TPSA) is 83.0 Å². The Morgan fingerprint density at radius 3 is 2.69 bits per heavy atom. The minimum absolute atomic E-state index is 0.0286. The van der Waals surface area contributed by atoms with Crippen molar-refractivity contribution in [1.29, 1.82) is 0 Å². The number of amides is 1. The zero-order chi connectivity index (χ0) is 21.3. The predicted octanol–water partition coefficient (Wildman–Crippen LogP) is 2.50. The summed E-state index contributed by atoms with van der Waals surface area (Å²) in [4.78, 5) is 18.8. The van der Waals surface area contributed by atoms with Gasteiger partial charge in [0.05, 0.1) is 12.6 Å². The molecular formula is C21H34N4O3S. The molecule has 1 fully saturated rings. The number of guanidine groups is 1. The van der Waals surface area contributed by atoms with Gasteiger partial charge in [-0.05, 0) is 39.7 Å². The van der Waals surface area contributed by atoms with Crippen molar-refractivity contribution in [3.63, 3.8) is 0 Å². The Balaban J connectivity index is 1.82. The van der Waals surface area contributed by atoms with Crippen LogP contribution in [0.5, 0.6) is 0 Å². The first-order chi connectivity index (χ1) is 13.8. The van der Waals surface area contributed by atoms with Crippen molar-refractivity contribution < 1.29 is 13.7 Å². The number of aliphatic imine (C=N–C) groups is 1. The molecule has 1 aliphatic heterocycles. The summed E-state index contributed by atoms with van der Waals surface area (Å²) < 4.78 is 17.6. The normalized spacial score (nSPS) is 18.4. The molecule has 0 spiro atoms. The molecule has 29 heavy (non-hydrogen) atoms. The van der Waals surface area contributed by atoms with E-state index in [1.165, 1.54) is 0 Å². The fraction of sp³-hybridized carbons (Fsp3) is 0.619. The van der Waals surface area contributed by atoms with Crippen LogP contribution in [-0.2, 0) is 21.3 Å². The molecule has 1 aliphatic rings. The van der Waals surface area contributed by atoms with Crippen LogP contribution in [0, 0.1) is 0 Å². The molecule has 162 valence electrons. The van der Waals surface area contributed by atoms with Gasteiger partial charge in [-0.25, -0.2) is 4.79 Å². The van der Waals surface area contributed by atoms with E-state index in [2.05, 4.69) is 20.5 Å². The fourth-order valence-electron chi connectivity index (χ4n) is 3.06. The first-order valence-electron chi connectivity index (χ1n) is 10.2. The molecule has 1 amide bonds. The van der Waals surface area contributed by atoms with E-state index in [9.17, 15) is 9.00 Å². The molecule has 7 nitrogen and oxygen atoms in total. The molecule has 0 aromatic heterocycles. The van der Waals surface area contributed by atoms with Crippen LogP contribution in [0.1, 0.15) is 39.7 Å². The summed E-state index contributed by atoms with van der Waals surface area (Å²) in [5.41, 5.74) is 0.575. The van der Waals surface area contributed by atoms with E-state index in [-0.39, 0.29) is 12.1 Å². The summed E-state index contributed by atoms with van der Waals surface area (Å²) in [6, 6.07) is 9.90. The van der Waals surface area contributed by atoms with Gasteiger partial charge in [0.2, 0.25) is 0 Å². The Morgan fingerprint density at radius 2 is 2.03 bits per heavy atom. The summed E-state index contributed by atoms with van der Waals surface area (Å²) in [6.45, 7) is 10.3. The maximum Gasteiger partial charge on any atom is 0.407 e. The van der Waals surface area contributed by atoms with Crippen molar-refractivity contribution in [3.8, 4) is 0 Å². The van der Waals surface area contributed by atoms with Gasteiger partial charge in [-0.1, -0.05) is 30.3 Å². The number of hydrogen-bond donors (Lipinski definition) is 2. The molecule has 1 saturated heterocycles. The Kier molecular flexibility index (Phi) is 8.95. The van der Waals surface area contributed by atoms with Crippen molar-refractivity contribution in [2.45, 2.75) is 51.5 Å². The zero-order valence-electron chi connectivity index (χ0n) is 17.9. The Hall–Kier alpha value is -2.09. The predicted molar refractivity (Wildman–Crippen MR) is 118 cm³/mol. The van der Waals surface area contributed by atoms with Gasteiger partial charge in [0.25, 0.3) is 0 Å². The number of ether oxygens (including phenoxy) is 1. The average molecular weight is 423 g/mol. The van der Waals surface area contributed by atoms with Gasteiger partial charge in [0.15, 0.2) is 5.96 Å². The SMILES string of the molecule is CCNC(=NCCS(=O)Cc1ccccc1)N1CCC(NC(=O)OC(C)(C)C)C1. The quantitative estimate of drug-likeness (QED) is 0.521. The van der Waals surface area contributed by atoms with E-state index in [4.69, 9.17) is 4.74 Å². The van der Waals surface area contributed by atoms with Gasteiger partial charge >= 0.3 is 6.09 Å². The van der Waals surface area contributed by atoms with Crippen molar-refractivity contribution in [2.24, 2.45) is 4.99 Å². The number of benzene rings is 1. The third-order valence-corrected chi connectivity index (χ3v) is 5.59. The van der Waals surface area contributed by atoms with Gasteiger partial charge < -0.3 is 20.3 Å². The number of rotatable bonds is 7. The van der Waals surface area contributed by atoms with E-state index in [1.54, 1.807) is 0 Å². The summed E-state index contributed by atoms with van der Waals surface area (Å²) in [5, 5.41) is 6.22. The van der Waals surface area contributed by atoms with E-state index in [0.717, 1.165) is 31.0 Å². The van der Waals surface area contributed by atoms with Crippen molar-refractivity contribution in [2.75, 3.05) is 31.9 Å². The van der Waals surface area contributed by atoms with Crippen LogP contribution in [0.4, 0.5) is 4.79 Å². The second-order valence-corrected chi connectivity index (χ2v) is 9.66. The third-order valence-electron chi connectivity index (χ3n) is 4.29. The monoisotopic (exact) mass is 422 g/mol. The lowest BCUT2D eigenvalue weighted by atomic mass is 10.2. The number of carbonyl (C=O) groups excluding carboxylic acids is 1. The van der Waals surface area contributed by atoms with E-state index < -0.39 is 16.4 Å². The van der Waals surface area contributed by atoms with Crippen molar-refractivity contribution >= 4 is 22.9 Å². The highest BCUT2D eigenvalue weighted by atomic mass is 32.2. The molecule has 2 N–H and O–H groups in total. The van der Waals surface area contributed by atoms with Crippen LogP contribution in [0.25, 0.3) is 0 Å². The van der Waals surface area contributed by atoms with Crippen LogP contribution in [0.3, 0.4) is 0 Å². The molecule has 0 radical (unpaired) electrons. The van der Waals surface area contributed by atoms with Crippen LogP contribution in [-0.4, -0.2) is 64.7 Å². The lowest BCUT2D eigenvalue weighted by Gasteiger charge is -2.23. The van der Waals surface area contributed by atoms with Crippen molar-refractivity contribution in [1.82, 2.24) is 15.5 Å². The lowest BCUT2D eigenvalue weighted by molar-refractivity contribution is 0.0507. The van der Waals surface area contributed by atoms with Gasteiger partial charge in [-0.2, -0.15) is 0 Å². The number of hydrogen-bond acceptors (Lipinski definition) is 4. The van der Waals surface area contributed by atoms with Crippen molar-refractivity contribution in [3.05, 3.63) is 35.9 Å². The number of nitrogens with zero attached hydrogens (tertiary/aromatic N) is 2. The molecular weight excluding hydrogens is 388 g/mol.